The van der Waals surface area contributed by atoms with Crippen molar-refractivity contribution in [1.82, 2.24) is 4.90 Å². The van der Waals surface area contributed by atoms with Gasteiger partial charge in [-0.3, -0.25) is 9.59 Å². The largest absolute Gasteiger partial charge is 0.452 e. The molecule has 5 nitrogen and oxygen atoms in total. The maximum Gasteiger partial charge on any atom is 0.318 e. The molecule has 0 spiro atoms. The van der Waals surface area contributed by atoms with Gasteiger partial charge in [0.25, 0.3) is 0 Å². The van der Waals surface area contributed by atoms with Crippen LogP contribution in [0.1, 0.15) is 23.7 Å². The van der Waals surface area contributed by atoms with Gasteiger partial charge in [0.1, 0.15) is 5.41 Å². The van der Waals surface area contributed by atoms with Crippen LogP contribution >= 0.6 is 23.4 Å². The molecule has 0 aromatic heterocycles. The topological polar surface area (TPSA) is 72.6 Å². The zero-order valence-corrected chi connectivity index (χ0v) is 16.7. The molecule has 0 aliphatic carbocycles. The smallest absolute Gasteiger partial charge is 0.318 e. The average Bonchev–Trinajstić information content (AvgIpc) is 2.73. The minimum Gasteiger partial charge on any atom is -0.452 e. The molecule has 2 heterocycles. The maximum atomic E-state index is 13.4. The van der Waals surface area contributed by atoms with E-state index in [2.05, 4.69) is 0 Å². The molecular weight excluding hydrogens is 396 g/mol. The second kappa shape index (κ2) is 7.78. The second-order valence-electron chi connectivity index (χ2n) is 7.13. The highest BCUT2D eigenvalue weighted by atomic mass is 35.5. The van der Waals surface area contributed by atoms with Crippen LogP contribution in [0.5, 0.6) is 0 Å². The summed E-state index contributed by atoms with van der Waals surface area (Å²) in [6, 6.07) is 19.1. The van der Waals surface area contributed by atoms with Crippen molar-refractivity contribution in [2.45, 2.75) is 23.3 Å². The lowest BCUT2D eigenvalue weighted by atomic mass is 9.87. The molecule has 7 heteroatoms. The fraction of sp³-hybridized carbons (Fsp3) is 0.333. The van der Waals surface area contributed by atoms with Crippen molar-refractivity contribution >= 4 is 35.2 Å². The number of thioether (sulfide) groups is 1. The number of alkyl halides is 1. The zero-order valence-electron chi connectivity index (χ0n) is 15.2. The molecule has 146 valence electrons. The third-order valence-electron chi connectivity index (χ3n) is 5.39. The van der Waals surface area contributed by atoms with Gasteiger partial charge >= 0.3 is 5.97 Å². The molecule has 0 bridgehead atoms. The summed E-state index contributed by atoms with van der Waals surface area (Å²) >= 11 is 7.67. The molecule has 2 fully saturated rings. The number of esters is 1. The lowest BCUT2D eigenvalue weighted by Crippen LogP contribution is -2.66. The van der Waals surface area contributed by atoms with Gasteiger partial charge < -0.3 is 15.4 Å². The van der Waals surface area contributed by atoms with Crippen LogP contribution in [-0.4, -0.2) is 39.9 Å². The normalized spacial score (nSPS) is 26.5. The van der Waals surface area contributed by atoms with Gasteiger partial charge in [0.2, 0.25) is 5.91 Å². The van der Waals surface area contributed by atoms with Crippen molar-refractivity contribution in [1.29, 1.82) is 0 Å². The van der Waals surface area contributed by atoms with Gasteiger partial charge in [-0.15, -0.1) is 23.4 Å². The van der Waals surface area contributed by atoms with Gasteiger partial charge in [-0.05, 0) is 11.1 Å². The Morgan fingerprint density at radius 2 is 1.75 bits per heavy atom. The highest BCUT2D eigenvalue weighted by molar-refractivity contribution is 8.00. The Morgan fingerprint density at radius 1 is 1.18 bits per heavy atom. The number of nitrogens with two attached hydrogens (primary N) is 1. The second-order valence-corrected chi connectivity index (χ2v) is 8.73. The predicted octanol–water partition coefficient (Wildman–Crippen LogP) is 3.13. The van der Waals surface area contributed by atoms with Crippen LogP contribution in [0, 0.1) is 5.41 Å². The molecule has 4 rings (SSSR count). The number of carbonyl (C=O) groups is 2. The fourth-order valence-electron chi connectivity index (χ4n) is 3.59. The SMILES string of the molecule is NC1S[C@@H]2CC(=O)N2CC1(CCl)C(=O)OC(c1ccccc1)c1ccccc1. The van der Waals surface area contributed by atoms with Crippen LogP contribution in [0.2, 0.25) is 0 Å². The van der Waals surface area contributed by atoms with E-state index in [1.807, 2.05) is 60.7 Å². The van der Waals surface area contributed by atoms with Crippen LogP contribution in [0.25, 0.3) is 0 Å². The number of ether oxygens (including phenoxy) is 1. The molecular formula is C21H21ClN2O3S. The van der Waals surface area contributed by atoms with Gasteiger partial charge in [0.15, 0.2) is 6.10 Å². The minimum absolute atomic E-state index is 0.00714. The van der Waals surface area contributed by atoms with Gasteiger partial charge in [0.05, 0.1) is 17.2 Å². The van der Waals surface area contributed by atoms with E-state index in [1.165, 1.54) is 11.8 Å². The first kappa shape index (κ1) is 19.3. The van der Waals surface area contributed by atoms with Crippen LogP contribution in [0.3, 0.4) is 0 Å². The lowest BCUT2D eigenvalue weighted by Gasteiger charge is -2.52. The fourth-order valence-corrected chi connectivity index (χ4v) is 5.47. The van der Waals surface area contributed by atoms with E-state index in [-0.39, 0.29) is 23.7 Å². The first-order chi connectivity index (χ1) is 13.5. The zero-order chi connectivity index (χ0) is 19.7. The summed E-state index contributed by atoms with van der Waals surface area (Å²) in [5.41, 5.74) is 6.94. The molecule has 2 aliphatic rings. The molecule has 3 atom stereocenters. The Balaban J connectivity index is 1.64. The molecule has 1 amide bonds. The quantitative estimate of drug-likeness (QED) is 0.460. The van der Waals surface area contributed by atoms with Crippen LogP contribution < -0.4 is 5.73 Å². The molecule has 2 N–H and O–H groups in total. The standard InChI is InChI=1S/C21H21ClN2O3S/c22-12-21(13-24-16(25)11-17(24)28-19(21)23)20(26)27-18(14-7-3-1-4-8-14)15-9-5-2-6-10-15/h1-10,17-19H,11-13,23H2/t17-,19?,21?/m1/s1. The van der Waals surface area contributed by atoms with Gasteiger partial charge in [-0.1, -0.05) is 60.7 Å². The van der Waals surface area contributed by atoms with Gasteiger partial charge in [-0.25, -0.2) is 0 Å². The maximum absolute atomic E-state index is 13.4. The third-order valence-corrected chi connectivity index (χ3v) is 7.35. The van der Waals surface area contributed by atoms with Crippen molar-refractivity contribution in [2.75, 3.05) is 12.4 Å². The molecule has 2 aromatic rings. The monoisotopic (exact) mass is 416 g/mol. The van der Waals surface area contributed by atoms with Crippen molar-refractivity contribution in [3.05, 3.63) is 71.8 Å². The average molecular weight is 417 g/mol. The highest BCUT2D eigenvalue weighted by Crippen LogP contribution is 2.46. The summed E-state index contributed by atoms with van der Waals surface area (Å²) in [5, 5.41) is -0.496. The Bertz CT molecular complexity index is 827. The number of benzene rings is 2. The number of nitrogens with zero attached hydrogens (tertiary/aromatic N) is 1. The number of β-lactam (4-membered cyclic amide) rings is 1. The Kier molecular flexibility index (Phi) is 5.36. The molecule has 2 aromatic carbocycles. The van der Waals surface area contributed by atoms with Crippen molar-refractivity contribution < 1.29 is 14.3 Å². The number of halogens is 1. The lowest BCUT2D eigenvalue weighted by molar-refractivity contribution is -0.164. The van der Waals surface area contributed by atoms with Crippen LogP contribution in [0.4, 0.5) is 0 Å². The number of rotatable bonds is 5. The summed E-state index contributed by atoms with van der Waals surface area (Å²) in [7, 11) is 0. The first-order valence-electron chi connectivity index (χ1n) is 9.12. The summed E-state index contributed by atoms with van der Waals surface area (Å²) in [6.07, 6.45) is -0.111. The Labute approximate surface area is 173 Å². The van der Waals surface area contributed by atoms with E-state index in [0.29, 0.717) is 6.42 Å². The molecule has 2 saturated heterocycles. The number of amides is 1. The highest BCUT2D eigenvalue weighted by Gasteiger charge is 2.57. The van der Waals surface area contributed by atoms with E-state index >= 15 is 0 Å². The van der Waals surface area contributed by atoms with Crippen LogP contribution in [0.15, 0.2) is 60.7 Å². The van der Waals surface area contributed by atoms with E-state index < -0.39 is 22.9 Å². The Morgan fingerprint density at radius 3 is 2.25 bits per heavy atom. The molecule has 28 heavy (non-hydrogen) atoms. The van der Waals surface area contributed by atoms with Gasteiger partial charge in [0, 0.05) is 12.4 Å². The van der Waals surface area contributed by atoms with Crippen molar-refractivity contribution in [2.24, 2.45) is 11.1 Å². The van der Waals surface area contributed by atoms with E-state index in [4.69, 9.17) is 22.1 Å². The molecule has 0 saturated carbocycles. The van der Waals surface area contributed by atoms with E-state index in [1.54, 1.807) is 4.90 Å². The number of carbonyl (C=O) groups excluding carboxylic acids is 2. The van der Waals surface area contributed by atoms with E-state index in [9.17, 15) is 9.59 Å². The van der Waals surface area contributed by atoms with Gasteiger partial charge in [-0.2, -0.15) is 0 Å². The predicted molar refractivity (Wildman–Crippen MR) is 110 cm³/mol. The van der Waals surface area contributed by atoms with Crippen molar-refractivity contribution in [3.63, 3.8) is 0 Å². The number of fused-ring (bicyclic) bond motifs is 1. The first-order valence-corrected chi connectivity index (χ1v) is 10.6. The molecule has 2 unspecified atom stereocenters. The molecule has 0 radical (unpaired) electrons. The Hall–Kier alpha value is -2.02. The summed E-state index contributed by atoms with van der Waals surface area (Å²) < 4.78 is 6.01. The number of hydrogen-bond acceptors (Lipinski definition) is 5. The van der Waals surface area contributed by atoms with E-state index in [0.717, 1.165) is 11.1 Å². The summed E-state index contributed by atoms with van der Waals surface area (Å²) in [4.78, 5) is 27.0. The van der Waals surface area contributed by atoms with Crippen molar-refractivity contribution in [3.8, 4) is 0 Å². The summed E-state index contributed by atoms with van der Waals surface area (Å²) in [6.45, 7) is 0.198. The molecule has 2 aliphatic heterocycles. The number of hydrogen-bond donors (Lipinski definition) is 1. The third kappa shape index (κ3) is 3.30. The minimum atomic E-state index is -1.14. The van der Waals surface area contributed by atoms with Crippen LogP contribution in [-0.2, 0) is 14.3 Å². The summed E-state index contributed by atoms with van der Waals surface area (Å²) in [5.74, 6) is -0.458.